The lowest BCUT2D eigenvalue weighted by Gasteiger charge is -2.29. The molecule has 2 amide bonds. The molecule has 2 aromatic rings. The molecule has 2 atom stereocenters. The van der Waals surface area contributed by atoms with Gasteiger partial charge in [0.25, 0.3) is 5.91 Å². The molecule has 0 aliphatic heterocycles. The number of halogens is 1. The Bertz CT molecular complexity index is 806. The number of benzene rings is 2. The number of amides is 2. The van der Waals surface area contributed by atoms with Crippen LogP contribution in [0, 0.1) is 6.92 Å². The minimum Gasteiger partial charge on any atom is -0.484 e. The van der Waals surface area contributed by atoms with Crippen molar-refractivity contribution in [2.75, 3.05) is 6.61 Å². The van der Waals surface area contributed by atoms with E-state index in [1.54, 1.807) is 24.0 Å². The van der Waals surface area contributed by atoms with Crippen LogP contribution in [0.4, 0.5) is 0 Å². The summed E-state index contributed by atoms with van der Waals surface area (Å²) >= 11 is 3.38. The summed E-state index contributed by atoms with van der Waals surface area (Å²) in [5, 5.41) is 2.96. The number of hydrogen-bond donors (Lipinski definition) is 1. The molecule has 1 N–H and O–H groups in total. The largest absolute Gasteiger partial charge is 0.484 e. The summed E-state index contributed by atoms with van der Waals surface area (Å²) in [4.78, 5) is 27.2. The van der Waals surface area contributed by atoms with Gasteiger partial charge in [0.05, 0.1) is 0 Å². The van der Waals surface area contributed by atoms with Crippen LogP contribution >= 0.6 is 15.9 Å². The van der Waals surface area contributed by atoms with Crippen LogP contribution < -0.4 is 10.1 Å². The Morgan fingerprint density at radius 2 is 1.69 bits per heavy atom. The van der Waals surface area contributed by atoms with Gasteiger partial charge < -0.3 is 15.0 Å². The van der Waals surface area contributed by atoms with E-state index in [1.165, 1.54) is 0 Å². The summed E-state index contributed by atoms with van der Waals surface area (Å²) in [5.74, 6) is 0.206. The van der Waals surface area contributed by atoms with Crippen molar-refractivity contribution in [2.24, 2.45) is 0 Å². The highest BCUT2D eigenvalue weighted by Gasteiger charge is 2.27. The number of carbonyl (C=O) groups excluding carboxylic acids is 2. The van der Waals surface area contributed by atoms with Crippen molar-refractivity contribution in [3.05, 3.63) is 64.1 Å². The van der Waals surface area contributed by atoms with E-state index in [2.05, 4.69) is 21.2 Å². The molecule has 6 heteroatoms. The molecule has 0 aliphatic rings. The molecule has 156 valence electrons. The van der Waals surface area contributed by atoms with Gasteiger partial charge in [-0.3, -0.25) is 9.59 Å². The van der Waals surface area contributed by atoms with Gasteiger partial charge in [-0.15, -0.1) is 0 Å². The summed E-state index contributed by atoms with van der Waals surface area (Å²) in [6.45, 7) is 7.95. The average molecular weight is 461 g/mol. The predicted molar refractivity (Wildman–Crippen MR) is 119 cm³/mol. The number of rotatable bonds is 9. The average Bonchev–Trinajstić information content (AvgIpc) is 2.72. The van der Waals surface area contributed by atoms with Crippen molar-refractivity contribution in [1.29, 1.82) is 0 Å². The van der Waals surface area contributed by atoms with Crippen LogP contribution in [0.3, 0.4) is 0 Å². The van der Waals surface area contributed by atoms with Crippen LogP contribution in [0.25, 0.3) is 0 Å². The van der Waals surface area contributed by atoms with Gasteiger partial charge in [0.2, 0.25) is 5.91 Å². The first kappa shape index (κ1) is 22.9. The van der Waals surface area contributed by atoms with Crippen molar-refractivity contribution < 1.29 is 14.3 Å². The predicted octanol–water partition coefficient (Wildman–Crippen LogP) is 4.47. The fourth-order valence-electron chi connectivity index (χ4n) is 2.70. The lowest BCUT2D eigenvalue weighted by atomic mass is 10.1. The van der Waals surface area contributed by atoms with Gasteiger partial charge in [0.15, 0.2) is 6.61 Å². The number of hydrogen-bond acceptors (Lipinski definition) is 3. The first-order valence-electron chi connectivity index (χ1n) is 9.84. The molecule has 29 heavy (non-hydrogen) atoms. The minimum atomic E-state index is -0.605. The smallest absolute Gasteiger partial charge is 0.261 e. The van der Waals surface area contributed by atoms with Crippen LogP contribution in [0.1, 0.15) is 38.3 Å². The minimum absolute atomic E-state index is 0.0558. The molecule has 0 aliphatic carbocycles. The highest BCUT2D eigenvalue weighted by molar-refractivity contribution is 9.10. The second-order valence-electron chi connectivity index (χ2n) is 7.24. The zero-order chi connectivity index (χ0) is 21.4. The fourth-order valence-corrected chi connectivity index (χ4v) is 2.96. The standard InChI is InChI=1S/C23H29BrN2O3/c1-5-17(3)25-23(28)18(4)26(14-19-8-6-16(2)7-9-19)22(27)15-29-21-12-10-20(24)11-13-21/h6-13,17-18H,5,14-15H2,1-4H3,(H,25,28)/t17-,18-/m1/s1. The third kappa shape index (κ3) is 7.20. The Balaban J connectivity index is 2.13. The second-order valence-corrected chi connectivity index (χ2v) is 8.16. The Hall–Kier alpha value is -2.34. The maximum atomic E-state index is 13.0. The van der Waals surface area contributed by atoms with Gasteiger partial charge in [-0.05, 0) is 57.0 Å². The van der Waals surface area contributed by atoms with E-state index in [1.807, 2.05) is 57.2 Å². The van der Waals surface area contributed by atoms with Crippen LogP contribution in [0.5, 0.6) is 5.75 Å². The Morgan fingerprint density at radius 1 is 1.07 bits per heavy atom. The first-order valence-corrected chi connectivity index (χ1v) is 10.6. The Labute approximate surface area is 181 Å². The molecule has 0 saturated carbocycles. The van der Waals surface area contributed by atoms with E-state index in [4.69, 9.17) is 4.74 Å². The molecular formula is C23H29BrN2O3. The molecule has 0 aromatic heterocycles. The Morgan fingerprint density at radius 3 is 2.28 bits per heavy atom. The molecule has 0 heterocycles. The molecule has 0 radical (unpaired) electrons. The Kier molecular flexibility index (Phi) is 8.70. The molecule has 2 rings (SSSR count). The van der Waals surface area contributed by atoms with Gasteiger partial charge in [-0.1, -0.05) is 52.7 Å². The summed E-state index contributed by atoms with van der Waals surface area (Å²) < 4.78 is 6.59. The number of carbonyl (C=O) groups is 2. The van der Waals surface area contributed by atoms with Crippen LogP contribution in [0.15, 0.2) is 53.0 Å². The summed E-state index contributed by atoms with van der Waals surface area (Å²) in [7, 11) is 0. The third-order valence-electron chi connectivity index (χ3n) is 4.82. The monoisotopic (exact) mass is 460 g/mol. The van der Waals surface area contributed by atoms with E-state index in [0.717, 1.165) is 22.0 Å². The van der Waals surface area contributed by atoms with Crippen LogP contribution in [-0.4, -0.2) is 35.4 Å². The fraction of sp³-hybridized carbons (Fsp3) is 0.391. The number of ether oxygens (including phenoxy) is 1. The van der Waals surface area contributed by atoms with Crippen molar-refractivity contribution in [3.8, 4) is 5.75 Å². The maximum absolute atomic E-state index is 13.0. The molecule has 5 nitrogen and oxygen atoms in total. The van der Waals surface area contributed by atoms with Crippen LogP contribution in [-0.2, 0) is 16.1 Å². The van der Waals surface area contributed by atoms with Gasteiger partial charge in [0.1, 0.15) is 11.8 Å². The maximum Gasteiger partial charge on any atom is 0.261 e. The molecule has 0 spiro atoms. The van der Waals surface area contributed by atoms with Gasteiger partial charge in [-0.25, -0.2) is 0 Å². The lowest BCUT2D eigenvalue weighted by molar-refractivity contribution is -0.142. The van der Waals surface area contributed by atoms with E-state index >= 15 is 0 Å². The second kappa shape index (κ2) is 11.0. The quantitative estimate of drug-likeness (QED) is 0.600. The highest BCUT2D eigenvalue weighted by atomic mass is 79.9. The van der Waals surface area contributed by atoms with Crippen molar-refractivity contribution >= 4 is 27.7 Å². The topological polar surface area (TPSA) is 58.6 Å². The van der Waals surface area contributed by atoms with Gasteiger partial charge >= 0.3 is 0 Å². The van der Waals surface area contributed by atoms with E-state index in [-0.39, 0.29) is 24.5 Å². The highest BCUT2D eigenvalue weighted by Crippen LogP contribution is 2.17. The number of aryl methyl sites for hydroxylation is 1. The first-order chi connectivity index (χ1) is 13.8. The summed E-state index contributed by atoms with van der Waals surface area (Å²) in [6.07, 6.45) is 0.830. The normalized spacial score (nSPS) is 12.7. The van der Waals surface area contributed by atoms with Crippen LogP contribution in [0.2, 0.25) is 0 Å². The van der Waals surface area contributed by atoms with E-state index in [0.29, 0.717) is 12.3 Å². The third-order valence-corrected chi connectivity index (χ3v) is 5.35. The van der Waals surface area contributed by atoms with Gasteiger partial charge in [-0.2, -0.15) is 0 Å². The van der Waals surface area contributed by atoms with Gasteiger partial charge in [0, 0.05) is 17.1 Å². The zero-order valence-corrected chi connectivity index (χ0v) is 19.0. The zero-order valence-electron chi connectivity index (χ0n) is 17.4. The molecule has 0 bridgehead atoms. The van der Waals surface area contributed by atoms with Crippen molar-refractivity contribution in [2.45, 2.75) is 52.7 Å². The SMILES string of the molecule is CC[C@@H](C)NC(=O)[C@@H](C)N(Cc1ccc(C)cc1)C(=O)COc1ccc(Br)cc1. The number of nitrogens with zero attached hydrogens (tertiary/aromatic N) is 1. The molecule has 0 saturated heterocycles. The van der Waals surface area contributed by atoms with Crippen molar-refractivity contribution in [3.63, 3.8) is 0 Å². The van der Waals surface area contributed by atoms with E-state index < -0.39 is 6.04 Å². The summed E-state index contributed by atoms with van der Waals surface area (Å²) in [6, 6.07) is 14.7. The molecule has 0 fully saturated rings. The lowest BCUT2D eigenvalue weighted by Crippen LogP contribution is -2.50. The molecular weight excluding hydrogens is 432 g/mol. The van der Waals surface area contributed by atoms with E-state index in [9.17, 15) is 9.59 Å². The number of nitrogens with one attached hydrogen (secondary N) is 1. The molecule has 2 aromatic carbocycles. The summed E-state index contributed by atoms with van der Waals surface area (Å²) in [5.41, 5.74) is 2.11. The van der Waals surface area contributed by atoms with Crippen molar-refractivity contribution in [1.82, 2.24) is 10.2 Å². The molecule has 0 unspecified atom stereocenters.